The van der Waals surface area contributed by atoms with E-state index >= 15 is 0 Å². The second-order valence-electron chi connectivity index (χ2n) is 7.96. The smallest absolute Gasteiger partial charge is 0.291 e. The molecule has 9 heteroatoms. The van der Waals surface area contributed by atoms with Crippen LogP contribution in [-0.4, -0.2) is 28.8 Å². The first-order valence-electron chi connectivity index (χ1n) is 10.1. The van der Waals surface area contributed by atoms with Gasteiger partial charge in [-0.2, -0.15) is 0 Å². The van der Waals surface area contributed by atoms with Crippen LogP contribution in [-0.2, 0) is 6.54 Å². The third kappa shape index (κ3) is 4.05. The van der Waals surface area contributed by atoms with Gasteiger partial charge in [0.15, 0.2) is 17.2 Å². The first kappa shape index (κ1) is 21.0. The molecule has 0 saturated carbocycles. The van der Waals surface area contributed by atoms with E-state index in [1.54, 1.807) is 6.07 Å². The number of halogens is 2. The van der Waals surface area contributed by atoms with E-state index in [4.69, 9.17) is 14.6 Å². The maximum atomic E-state index is 14.0. The van der Waals surface area contributed by atoms with E-state index in [9.17, 15) is 18.4 Å². The number of anilines is 1. The molecule has 3 heterocycles. The number of hydrogen-bond acceptors (Lipinski definition) is 5. The van der Waals surface area contributed by atoms with Gasteiger partial charge in [-0.15, -0.1) is 0 Å². The van der Waals surface area contributed by atoms with Crippen molar-refractivity contribution in [2.45, 2.75) is 51.7 Å². The second kappa shape index (κ2) is 8.14. The minimum Gasteiger partial charge on any atom is -0.455 e. The number of likely N-dealkylation sites (tertiary alicyclic amines) is 1. The highest BCUT2D eigenvalue weighted by Gasteiger charge is 2.27. The van der Waals surface area contributed by atoms with Crippen molar-refractivity contribution in [3.63, 3.8) is 0 Å². The zero-order chi connectivity index (χ0) is 22.3. The number of rotatable bonds is 5. The van der Waals surface area contributed by atoms with Crippen LogP contribution in [0, 0.1) is 11.6 Å². The molecule has 0 aliphatic carbocycles. The Bertz CT molecular complexity index is 1140. The summed E-state index contributed by atoms with van der Waals surface area (Å²) in [5.74, 6) is -3.48. The number of nitrogens with two attached hydrogens (primary N) is 1. The molecule has 1 saturated heterocycles. The van der Waals surface area contributed by atoms with Crippen LogP contribution in [0.25, 0.3) is 11.0 Å². The van der Waals surface area contributed by atoms with Gasteiger partial charge in [-0.25, -0.2) is 8.78 Å². The fourth-order valence-electron chi connectivity index (χ4n) is 4.15. The SMILES string of the molecule is CC1CCCC(C)N1Cc1ccc(C(=O)Nc2c(C(N)=O)oc3c(F)cc(F)cc23)o1. The van der Waals surface area contributed by atoms with Crippen molar-refractivity contribution in [2.24, 2.45) is 5.73 Å². The summed E-state index contributed by atoms with van der Waals surface area (Å²) in [4.78, 5) is 26.8. The average Bonchev–Trinajstić information content (AvgIpc) is 3.30. The van der Waals surface area contributed by atoms with Gasteiger partial charge in [-0.1, -0.05) is 6.42 Å². The summed E-state index contributed by atoms with van der Waals surface area (Å²) in [6.07, 6.45) is 3.40. The van der Waals surface area contributed by atoms with Crippen LogP contribution < -0.4 is 11.1 Å². The number of carbonyl (C=O) groups excluding carboxylic acids is 2. The molecule has 1 aromatic carbocycles. The second-order valence-corrected chi connectivity index (χ2v) is 7.96. The monoisotopic (exact) mass is 431 g/mol. The molecule has 0 spiro atoms. The van der Waals surface area contributed by atoms with Crippen LogP contribution in [0.4, 0.5) is 14.5 Å². The highest BCUT2D eigenvalue weighted by Crippen LogP contribution is 2.34. The maximum Gasteiger partial charge on any atom is 0.291 e. The van der Waals surface area contributed by atoms with E-state index in [2.05, 4.69) is 24.1 Å². The number of carbonyl (C=O) groups is 2. The van der Waals surface area contributed by atoms with Crippen LogP contribution in [0.1, 0.15) is 60.0 Å². The number of nitrogens with one attached hydrogen (secondary N) is 1. The molecule has 1 aliphatic heterocycles. The molecule has 7 nitrogen and oxygen atoms in total. The normalized spacial score (nSPS) is 19.6. The van der Waals surface area contributed by atoms with Crippen molar-refractivity contribution in [2.75, 3.05) is 5.32 Å². The summed E-state index contributed by atoms with van der Waals surface area (Å²) in [6.45, 7) is 4.90. The molecule has 164 valence electrons. The summed E-state index contributed by atoms with van der Waals surface area (Å²) < 4.78 is 38.6. The molecule has 2 atom stereocenters. The third-order valence-corrected chi connectivity index (χ3v) is 5.77. The largest absolute Gasteiger partial charge is 0.455 e. The molecule has 1 aliphatic rings. The highest BCUT2D eigenvalue weighted by atomic mass is 19.1. The van der Waals surface area contributed by atoms with Gasteiger partial charge in [0, 0.05) is 18.2 Å². The fraction of sp³-hybridized carbons (Fsp3) is 0.364. The third-order valence-electron chi connectivity index (χ3n) is 5.77. The number of nitrogens with zero attached hydrogens (tertiary/aromatic N) is 1. The number of furan rings is 2. The lowest BCUT2D eigenvalue weighted by Crippen LogP contribution is -2.42. The number of fused-ring (bicyclic) bond motifs is 1. The minimum atomic E-state index is -1.03. The van der Waals surface area contributed by atoms with Crippen molar-refractivity contribution < 1.29 is 27.2 Å². The molecule has 2 unspecified atom stereocenters. The Kier molecular flexibility index (Phi) is 5.53. The van der Waals surface area contributed by atoms with E-state index in [0.29, 0.717) is 30.5 Å². The summed E-state index contributed by atoms with van der Waals surface area (Å²) in [5, 5.41) is 2.34. The summed E-state index contributed by atoms with van der Waals surface area (Å²) >= 11 is 0. The maximum absolute atomic E-state index is 14.0. The Labute approximate surface area is 177 Å². The Morgan fingerprint density at radius 2 is 1.87 bits per heavy atom. The lowest BCUT2D eigenvalue weighted by molar-refractivity contribution is 0.0853. The molecule has 3 aromatic rings. The predicted molar refractivity (Wildman–Crippen MR) is 110 cm³/mol. The Morgan fingerprint density at radius 1 is 1.16 bits per heavy atom. The fourth-order valence-corrected chi connectivity index (χ4v) is 4.15. The molecule has 31 heavy (non-hydrogen) atoms. The van der Waals surface area contributed by atoms with Crippen molar-refractivity contribution >= 4 is 28.5 Å². The summed E-state index contributed by atoms with van der Waals surface area (Å²) in [5.41, 5.74) is 4.70. The van der Waals surface area contributed by atoms with E-state index in [-0.39, 0.29) is 22.4 Å². The minimum absolute atomic E-state index is 0.00559. The lowest BCUT2D eigenvalue weighted by Gasteiger charge is -2.38. The van der Waals surface area contributed by atoms with Gasteiger partial charge < -0.3 is 19.9 Å². The Morgan fingerprint density at radius 3 is 2.55 bits per heavy atom. The van der Waals surface area contributed by atoms with Crippen LogP contribution in [0.2, 0.25) is 0 Å². The first-order chi connectivity index (χ1) is 14.7. The zero-order valence-electron chi connectivity index (χ0n) is 17.2. The van der Waals surface area contributed by atoms with Crippen molar-refractivity contribution in [1.29, 1.82) is 0 Å². The predicted octanol–water partition coefficient (Wildman–Crippen LogP) is 4.42. The van der Waals surface area contributed by atoms with Crippen LogP contribution in [0.5, 0.6) is 0 Å². The number of primary amides is 1. The Hall–Kier alpha value is -3.20. The van der Waals surface area contributed by atoms with Crippen LogP contribution in [0.3, 0.4) is 0 Å². The van der Waals surface area contributed by atoms with E-state index in [1.807, 2.05) is 0 Å². The lowest BCUT2D eigenvalue weighted by atomic mass is 9.97. The van der Waals surface area contributed by atoms with Crippen molar-refractivity contribution in [3.8, 4) is 0 Å². The van der Waals surface area contributed by atoms with Crippen LogP contribution in [0.15, 0.2) is 33.1 Å². The molecule has 2 amide bonds. The van der Waals surface area contributed by atoms with Crippen molar-refractivity contribution in [3.05, 3.63) is 53.2 Å². The quantitative estimate of drug-likeness (QED) is 0.623. The highest BCUT2D eigenvalue weighted by molar-refractivity contribution is 6.13. The van der Waals surface area contributed by atoms with Gasteiger partial charge in [-0.05, 0) is 44.9 Å². The number of hydrogen-bond donors (Lipinski definition) is 2. The van der Waals surface area contributed by atoms with Gasteiger partial charge in [0.2, 0.25) is 5.76 Å². The van der Waals surface area contributed by atoms with Gasteiger partial charge in [-0.3, -0.25) is 14.5 Å². The molecular formula is C22H23F2N3O4. The molecule has 3 N–H and O–H groups in total. The molecule has 0 bridgehead atoms. The van der Waals surface area contributed by atoms with Crippen LogP contribution >= 0.6 is 0 Å². The van der Waals surface area contributed by atoms with E-state index < -0.39 is 29.2 Å². The van der Waals surface area contributed by atoms with Gasteiger partial charge in [0.25, 0.3) is 11.8 Å². The van der Waals surface area contributed by atoms with Gasteiger partial charge >= 0.3 is 0 Å². The van der Waals surface area contributed by atoms with E-state index in [1.165, 1.54) is 12.5 Å². The van der Waals surface area contributed by atoms with E-state index in [0.717, 1.165) is 18.9 Å². The first-order valence-corrected chi connectivity index (χ1v) is 10.1. The Balaban J connectivity index is 1.59. The molecule has 1 fully saturated rings. The average molecular weight is 431 g/mol. The van der Waals surface area contributed by atoms with Crippen molar-refractivity contribution in [1.82, 2.24) is 4.90 Å². The molecule has 0 radical (unpaired) electrons. The standard InChI is InChI=1S/C22H23F2N3O4/c1-11-4-3-5-12(2)27(11)10-14-6-7-17(30-14)22(29)26-18-15-8-13(23)9-16(24)19(15)31-20(18)21(25)28/h6-9,11-12H,3-5,10H2,1-2H3,(H2,25,28)(H,26,29). The zero-order valence-corrected chi connectivity index (χ0v) is 17.2. The molecule has 4 rings (SSSR count). The number of amides is 2. The summed E-state index contributed by atoms with van der Waals surface area (Å²) in [7, 11) is 0. The number of piperidine rings is 1. The van der Waals surface area contributed by atoms with Gasteiger partial charge in [0.1, 0.15) is 17.3 Å². The molecule has 2 aromatic heterocycles. The van der Waals surface area contributed by atoms with Gasteiger partial charge in [0.05, 0.1) is 11.9 Å². The topological polar surface area (TPSA) is 102 Å². The summed E-state index contributed by atoms with van der Waals surface area (Å²) in [6, 6.07) is 5.61. The number of benzene rings is 1. The molecular weight excluding hydrogens is 408 g/mol.